The van der Waals surface area contributed by atoms with Crippen molar-refractivity contribution in [3.05, 3.63) is 23.9 Å². The van der Waals surface area contributed by atoms with Crippen LogP contribution in [0.5, 0.6) is 0 Å². The average Bonchev–Trinajstić information content (AvgIpc) is 2.36. The highest BCUT2D eigenvalue weighted by Crippen LogP contribution is 2.34. The lowest BCUT2D eigenvalue weighted by atomic mass is 9.87. The van der Waals surface area contributed by atoms with Crippen LogP contribution in [0.3, 0.4) is 0 Å². The highest BCUT2D eigenvalue weighted by atomic mass is 19.4. The molecule has 0 spiro atoms. The molecule has 1 N–H and O–H groups in total. The summed E-state index contributed by atoms with van der Waals surface area (Å²) in [4.78, 5) is 3.81. The van der Waals surface area contributed by atoms with Crippen molar-refractivity contribution in [2.75, 3.05) is 11.9 Å². The van der Waals surface area contributed by atoms with E-state index >= 15 is 0 Å². The molecule has 5 heteroatoms. The van der Waals surface area contributed by atoms with Crippen LogP contribution in [0.25, 0.3) is 0 Å². The number of pyridine rings is 1. The van der Waals surface area contributed by atoms with Crippen molar-refractivity contribution in [2.24, 2.45) is 5.41 Å². The van der Waals surface area contributed by atoms with Gasteiger partial charge in [-0.05, 0) is 24.0 Å². The Morgan fingerprint density at radius 2 is 1.90 bits per heavy atom. The van der Waals surface area contributed by atoms with Gasteiger partial charge in [-0.15, -0.1) is 0 Å². The Hall–Kier alpha value is -1.26. The first-order valence-corrected chi connectivity index (χ1v) is 7.02. The van der Waals surface area contributed by atoms with Crippen molar-refractivity contribution in [3.8, 4) is 0 Å². The first-order chi connectivity index (χ1) is 9.26. The molecule has 0 unspecified atom stereocenters. The van der Waals surface area contributed by atoms with Crippen LogP contribution in [0, 0.1) is 5.41 Å². The van der Waals surface area contributed by atoms with Gasteiger partial charge in [0.1, 0.15) is 5.82 Å². The van der Waals surface area contributed by atoms with Gasteiger partial charge in [-0.2, -0.15) is 13.2 Å². The third-order valence-electron chi connectivity index (χ3n) is 3.30. The normalized spacial score (nSPS) is 12.5. The minimum atomic E-state index is -4.37. The fourth-order valence-electron chi connectivity index (χ4n) is 2.04. The Kier molecular flexibility index (Phi) is 5.84. The average molecular weight is 288 g/mol. The number of nitrogens with zero attached hydrogens (tertiary/aromatic N) is 1. The van der Waals surface area contributed by atoms with E-state index in [4.69, 9.17) is 0 Å². The number of hydrogen-bond acceptors (Lipinski definition) is 2. The van der Waals surface area contributed by atoms with Crippen molar-refractivity contribution in [3.63, 3.8) is 0 Å². The van der Waals surface area contributed by atoms with E-state index in [1.807, 2.05) is 0 Å². The largest absolute Gasteiger partial charge is 0.419 e. The van der Waals surface area contributed by atoms with E-state index in [0.29, 0.717) is 6.54 Å². The molecule has 1 heterocycles. The van der Waals surface area contributed by atoms with Crippen molar-refractivity contribution in [1.82, 2.24) is 4.98 Å². The minimum Gasteiger partial charge on any atom is -0.369 e. The van der Waals surface area contributed by atoms with Crippen molar-refractivity contribution >= 4 is 5.82 Å². The van der Waals surface area contributed by atoms with E-state index in [9.17, 15) is 13.2 Å². The minimum absolute atomic E-state index is 0.0461. The summed E-state index contributed by atoms with van der Waals surface area (Å²) >= 11 is 0. The van der Waals surface area contributed by atoms with Crippen LogP contribution in [0.2, 0.25) is 0 Å². The molecule has 1 aromatic rings. The Morgan fingerprint density at radius 1 is 1.20 bits per heavy atom. The second-order valence-electron chi connectivity index (χ2n) is 5.87. The zero-order valence-electron chi connectivity index (χ0n) is 12.3. The lowest BCUT2D eigenvalue weighted by Gasteiger charge is -2.26. The number of hydrogen-bond donors (Lipinski definition) is 1. The monoisotopic (exact) mass is 288 g/mol. The molecule has 0 amide bonds. The number of rotatable bonds is 7. The Morgan fingerprint density at radius 3 is 2.50 bits per heavy atom. The summed E-state index contributed by atoms with van der Waals surface area (Å²) in [5.74, 6) is -0.0800. The van der Waals surface area contributed by atoms with Crippen LogP contribution < -0.4 is 5.32 Å². The highest BCUT2D eigenvalue weighted by Gasteiger charge is 2.34. The van der Waals surface area contributed by atoms with Crippen LogP contribution in [-0.4, -0.2) is 11.5 Å². The molecule has 114 valence electrons. The predicted octanol–water partition coefficient (Wildman–Crippen LogP) is 5.12. The van der Waals surface area contributed by atoms with Gasteiger partial charge >= 0.3 is 6.18 Å². The van der Waals surface area contributed by atoms with Crippen molar-refractivity contribution in [2.45, 2.75) is 52.6 Å². The maximum Gasteiger partial charge on any atom is 0.419 e. The molecular weight excluding hydrogens is 265 g/mol. The molecule has 0 atom stereocenters. The summed E-state index contributed by atoms with van der Waals surface area (Å²) in [6.45, 7) is 6.74. The molecule has 1 aromatic heterocycles. The first kappa shape index (κ1) is 16.8. The molecule has 0 bridgehead atoms. The van der Waals surface area contributed by atoms with Gasteiger partial charge in [0.2, 0.25) is 0 Å². The van der Waals surface area contributed by atoms with Gasteiger partial charge in [0.15, 0.2) is 0 Å². The summed E-state index contributed by atoms with van der Waals surface area (Å²) in [5, 5.41) is 2.86. The lowest BCUT2D eigenvalue weighted by molar-refractivity contribution is -0.137. The number of unbranched alkanes of at least 4 members (excludes halogenated alkanes) is 2. The van der Waals surface area contributed by atoms with Gasteiger partial charge in [0.25, 0.3) is 0 Å². The molecule has 0 aliphatic rings. The second-order valence-corrected chi connectivity index (χ2v) is 5.87. The Balaban J connectivity index is 2.66. The molecule has 2 nitrogen and oxygen atoms in total. The van der Waals surface area contributed by atoms with E-state index < -0.39 is 11.7 Å². The number of halogens is 3. The third kappa shape index (κ3) is 5.39. The van der Waals surface area contributed by atoms with E-state index in [2.05, 4.69) is 31.1 Å². The van der Waals surface area contributed by atoms with Crippen LogP contribution in [0.15, 0.2) is 18.3 Å². The molecular formula is C15H23F3N2. The van der Waals surface area contributed by atoms with Crippen LogP contribution in [0.1, 0.15) is 52.0 Å². The Labute approximate surface area is 118 Å². The summed E-state index contributed by atoms with van der Waals surface area (Å²) in [6, 6.07) is 2.36. The molecule has 0 saturated heterocycles. The van der Waals surface area contributed by atoms with Crippen LogP contribution >= 0.6 is 0 Å². The maximum absolute atomic E-state index is 12.8. The fourth-order valence-corrected chi connectivity index (χ4v) is 2.04. The summed E-state index contributed by atoms with van der Waals surface area (Å²) < 4.78 is 38.5. The van der Waals surface area contributed by atoms with E-state index in [-0.39, 0.29) is 11.2 Å². The molecule has 20 heavy (non-hydrogen) atoms. The molecule has 0 aliphatic heterocycles. The van der Waals surface area contributed by atoms with Gasteiger partial charge in [-0.1, -0.05) is 40.0 Å². The molecule has 0 radical (unpaired) electrons. The summed E-state index contributed by atoms with van der Waals surface area (Å²) in [7, 11) is 0. The van der Waals surface area contributed by atoms with E-state index in [0.717, 1.165) is 31.7 Å². The molecule has 0 saturated carbocycles. The Bertz CT molecular complexity index is 414. The standard InChI is InChI=1S/C15H23F3N2/c1-4-5-6-9-14(2,3)11-20-13-12(15(16,17)18)8-7-10-19-13/h7-8,10H,4-6,9,11H2,1-3H3,(H,19,20). The SMILES string of the molecule is CCCCCC(C)(C)CNc1ncccc1C(F)(F)F. The lowest BCUT2D eigenvalue weighted by Crippen LogP contribution is -2.24. The molecule has 0 aliphatic carbocycles. The molecule has 0 fully saturated rings. The number of alkyl halides is 3. The van der Waals surface area contributed by atoms with Crippen LogP contribution in [0.4, 0.5) is 19.0 Å². The molecule has 1 rings (SSSR count). The number of nitrogens with one attached hydrogen (secondary N) is 1. The zero-order chi connectivity index (χ0) is 15.2. The van der Waals surface area contributed by atoms with Crippen molar-refractivity contribution < 1.29 is 13.2 Å². The smallest absolute Gasteiger partial charge is 0.369 e. The third-order valence-corrected chi connectivity index (χ3v) is 3.30. The van der Waals surface area contributed by atoms with Gasteiger partial charge in [0.05, 0.1) is 5.56 Å². The van der Waals surface area contributed by atoms with E-state index in [1.54, 1.807) is 0 Å². The predicted molar refractivity (Wildman–Crippen MR) is 75.7 cm³/mol. The molecule has 0 aromatic carbocycles. The van der Waals surface area contributed by atoms with Gasteiger partial charge in [0, 0.05) is 12.7 Å². The maximum atomic E-state index is 12.8. The van der Waals surface area contributed by atoms with Crippen molar-refractivity contribution in [1.29, 1.82) is 0 Å². The topological polar surface area (TPSA) is 24.9 Å². The van der Waals surface area contributed by atoms with Gasteiger partial charge in [-0.25, -0.2) is 4.98 Å². The number of anilines is 1. The number of aromatic nitrogens is 1. The summed E-state index contributed by atoms with van der Waals surface area (Å²) in [5.41, 5.74) is -0.750. The zero-order valence-corrected chi connectivity index (χ0v) is 12.3. The second kappa shape index (κ2) is 6.95. The quantitative estimate of drug-likeness (QED) is 0.704. The highest BCUT2D eigenvalue weighted by molar-refractivity contribution is 5.45. The summed E-state index contributed by atoms with van der Waals surface area (Å²) in [6.07, 6.45) is 1.38. The van der Waals surface area contributed by atoms with Gasteiger partial charge in [-0.3, -0.25) is 0 Å². The van der Waals surface area contributed by atoms with Crippen LogP contribution in [-0.2, 0) is 6.18 Å². The van der Waals surface area contributed by atoms with Gasteiger partial charge < -0.3 is 5.32 Å². The fraction of sp³-hybridized carbons (Fsp3) is 0.667. The first-order valence-electron chi connectivity index (χ1n) is 7.02. The van der Waals surface area contributed by atoms with E-state index in [1.165, 1.54) is 12.3 Å².